The van der Waals surface area contributed by atoms with Crippen LogP contribution in [0.25, 0.3) is 0 Å². The Morgan fingerprint density at radius 3 is 2.79 bits per heavy atom. The van der Waals surface area contributed by atoms with Gasteiger partial charge in [0.25, 0.3) is 0 Å². The fraction of sp³-hybridized carbons (Fsp3) is 0.500. The first kappa shape index (κ1) is 16.0. The molecule has 0 unspecified atom stereocenters. The van der Waals surface area contributed by atoms with Gasteiger partial charge in [-0.1, -0.05) is 12.1 Å². The maximum absolute atomic E-state index is 13.3. The van der Waals surface area contributed by atoms with Crippen molar-refractivity contribution in [2.45, 2.75) is 12.5 Å². The summed E-state index contributed by atoms with van der Waals surface area (Å²) in [7, 11) is 3.63. The van der Waals surface area contributed by atoms with Crippen molar-refractivity contribution in [2.75, 3.05) is 32.6 Å². The molecule has 0 spiro atoms. The molecular formula is C14H21FN2OS. The van der Waals surface area contributed by atoms with E-state index in [1.54, 1.807) is 28.8 Å². The lowest BCUT2D eigenvalue weighted by molar-refractivity contribution is -0.125. The summed E-state index contributed by atoms with van der Waals surface area (Å²) in [6.07, 6.45) is 2.98. The van der Waals surface area contributed by atoms with Gasteiger partial charge in [-0.25, -0.2) is 4.39 Å². The first-order chi connectivity index (χ1) is 9.06. The molecule has 0 fully saturated rings. The van der Waals surface area contributed by atoms with E-state index >= 15 is 0 Å². The van der Waals surface area contributed by atoms with Crippen molar-refractivity contribution in [3.05, 3.63) is 35.6 Å². The molecule has 1 atom stereocenters. The number of carbonyl (C=O) groups is 1. The number of hydrogen-bond donors (Lipinski definition) is 1. The molecule has 0 heterocycles. The minimum atomic E-state index is -0.454. The summed E-state index contributed by atoms with van der Waals surface area (Å²) in [5.41, 5.74) is 0.673. The summed E-state index contributed by atoms with van der Waals surface area (Å²) in [4.78, 5) is 14.0. The summed E-state index contributed by atoms with van der Waals surface area (Å²) in [5, 5.41) is 2.90. The van der Waals surface area contributed by atoms with Crippen LogP contribution in [0, 0.1) is 5.82 Å². The van der Waals surface area contributed by atoms with Crippen LogP contribution in [-0.4, -0.2) is 43.5 Å². The smallest absolute Gasteiger partial charge is 0.241 e. The standard InChI is InChI=1S/C14H21FN2OS/c1-17(2)13(11-6-4-7-12(15)10-11)14(18)16-8-5-9-19-3/h4,6-7,10,13H,5,8-9H2,1-3H3,(H,16,18)/t13-/m0/s1. The van der Waals surface area contributed by atoms with Crippen LogP contribution in [0.2, 0.25) is 0 Å². The Balaban J connectivity index is 2.69. The summed E-state index contributed by atoms with van der Waals surface area (Å²) < 4.78 is 13.3. The van der Waals surface area contributed by atoms with E-state index in [1.165, 1.54) is 12.1 Å². The number of thioether (sulfide) groups is 1. The number of likely N-dealkylation sites (N-methyl/N-ethyl adjacent to an activating group) is 1. The maximum Gasteiger partial charge on any atom is 0.241 e. The van der Waals surface area contributed by atoms with E-state index in [1.807, 2.05) is 20.4 Å². The Hall–Kier alpha value is -1.07. The highest BCUT2D eigenvalue weighted by Crippen LogP contribution is 2.19. The van der Waals surface area contributed by atoms with Crippen LogP contribution < -0.4 is 5.32 Å². The molecule has 3 nitrogen and oxygen atoms in total. The minimum absolute atomic E-state index is 0.0864. The molecule has 1 rings (SSSR count). The highest BCUT2D eigenvalue weighted by Gasteiger charge is 2.22. The first-order valence-corrected chi connectivity index (χ1v) is 7.64. The van der Waals surface area contributed by atoms with Crippen LogP contribution in [0.3, 0.4) is 0 Å². The van der Waals surface area contributed by atoms with E-state index in [9.17, 15) is 9.18 Å². The molecular weight excluding hydrogens is 263 g/mol. The summed E-state index contributed by atoms with van der Waals surface area (Å²) in [5.74, 6) is 0.614. The second-order valence-electron chi connectivity index (χ2n) is 4.56. The van der Waals surface area contributed by atoms with E-state index in [4.69, 9.17) is 0 Å². The third-order valence-corrected chi connectivity index (χ3v) is 3.45. The van der Waals surface area contributed by atoms with Crippen LogP contribution in [0.1, 0.15) is 18.0 Å². The molecule has 0 aromatic heterocycles. The van der Waals surface area contributed by atoms with Crippen molar-refractivity contribution >= 4 is 17.7 Å². The maximum atomic E-state index is 13.3. The highest BCUT2D eigenvalue weighted by molar-refractivity contribution is 7.98. The van der Waals surface area contributed by atoms with Gasteiger partial charge in [0.2, 0.25) is 5.91 Å². The van der Waals surface area contributed by atoms with Gasteiger partial charge in [0.1, 0.15) is 11.9 Å². The quantitative estimate of drug-likeness (QED) is 0.780. The number of rotatable bonds is 7. The highest BCUT2D eigenvalue weighted by atomic mass is 32.2. The van der Waals surface area contributed by atoms with E-state index in [0.29, 0.717) is 12.1 Å². The molecule has 0 radical (unpaired) electrons. The van der Waals surface area contributed by atoms with Gasteiger partial charge in [-0.2, -0.15) is 11.8 Å². The Bertz CT molecular complexity index is 412. The van der Waals surface area contributed by atoms with Gasteiger partial charge < -0.3 is 5.32 Å². The molecule has 1 N–H and O–H groups in total. The molecule has 5 heteroatoms. The predicted molar refractivity (Wildman–Crippen MR) is 78.8 cm³/mol. The number of carbonyl (C=O) groups excluding carboxylic acids is 1. The van der Waals surface area contributed by atoms with Gasteiger partial charge in [0.05, 0.1) is 0 Å². The first-order valence-electron chi connectivity index (χ1n) is 6.24. The van der Waals surface area contributed by atoms with Gasteiger partial charge in [0.15, 0.2) is 0 Å². The van der Waals surface area contributed by atoms with Crippen molar-refractivity contribution in [3.63, 3.8) is 0 Å². The largest absolute Gasteiger partial charge is 0.354 e. The summed E-state index contributed by atoms with van der Waals surface area (Å²) in [6.45, 7) is 0.652. The van der Waals surface area contributed by atoms with Crippen LogP contribution >= 0.6 is 11.8 Å². The Morgan fingerprint density at radius 1 is 1.47 bits per heavy atom. The van der Waals surface area contributed by atoms with E-state index in [-0.39, 0.29) is 11.7 Å². The molecule has 1 amide bonds. The third kappa shape index (κ3) is 5.20. The Labute approximate surface area is 118 Å². The molecule has 1 aromatic rings. The zero-order valence-electron chi connectivity index (χ0n) is 11.6. The average molecular weight is 284 g/mol. The predicted octanol–water partition coefficient (Wildman–Crippen LogP) is 2.30. The third-order valence-electron chi connectivity index (χ3n) is 2.75. The fourth-order valence-corrected chi connectivity index (χ4v) is 2.32. The summed E-state index contributed by atoms with van der Waals surface area (Å²) in [6, 6.07) is 5.74. The number of nitrogens with zero attached hydrogens (tertiary/aromatic N) is 1. The van der Waals surface area contributed by atoms with Gasteiger partial charge in [0, 0.05) is 6.54 Å². The molecule has 0 aliphatic rings. The van der Waals surface area contributed by atoms with Crippen LogP contribution in [-0.2, 0) is 4.79 Å². The molecule has 106 valence electrons. The van der Waals surface area contributed by atoms with Crippen LogP contribution in [0.5, 0.6) is 0 Å². The van der Waals surface area contributed by atoms with Gasteiger partial charge in [-0.05, 0) is 50.2 Å². The SMILES string of the molecule is CSCCCNC(=O)[C@H](c1cccc(F)c1)N(C)C. The molecule has 19 heavy (non-hydrogen) atoms. The zero-order valence-corrected chi connectivity index (χ0v) is 12.5. The lowest BCUT2D eigenvalue weighted by atomic mass is 10.1. The Morgan fingerprint density at radius 2 is 2.21 bits per heavy atom. The minimum Gasteiger partial charge on any atom is -0.354 e. The second kappa shape index (κ2) is 8.17. The lowest BCUT2D eigenvalue weighted by Crippen LogP contribution is -2.37. The molecule has 0 aliphatic carbocycles. The van der Waals surface area contributed by atoms with Gasteiger partial charge in [-0.15, -0.1) is 0 Å². The van der Waals surface area contributed by atoms with Gasteiger partial charge in [-0.3, -0.25) is 9.69 Å². The summed E-state index contributed by atoms with van der Waals surface area (Å²) >= 11 is 1.76. The molecule has 0 aliphatic heterocycles. The van der Waals surface area contributed by atoms with Crippen molar-refractivity contribution < 1.29 is 9.18 Å². The van der Waals surface area contributed by atoms with Crippen LogP contribution in [0.4, 0.5) is 4.39 Å². The van der Waals surface area contributed by atoms with Crippen molar-refractivity contribution in [2.24, 2.45) is 0 Å². The molecule has 0 saturated heterocycles. The Kier molecular flexibility index (Phi) is 6.87. The number of halogens is 1. The molecule has 0 bridgehead atoms. The lowest BCUT2D eigenvalue weighted by Gasteiger charge is -2.23. The van der Waals surface area contributed by atoms with Crippen LogP contribution in [0.15, 0.2) is 24.3 Å². The molecule has 0 saturated carbocycles. The number of benzene rings is 1. The average Bonchev–Trinajstić information content (AvgIpc) is 2.34. The van der Waals surface area contributed by atoms with E-state index < -0.39 is 6.04 Å². The number of hydrogen-bond acceptors (Lipinski definition) is 3. The van der Waals surface area contributed by atoms with Crippen molar-refractivity contribution in [1.82, 2.24) is 10.2 Å². The number of amides is 1. The van der Waals surface area contributed by atoms with Crippen molar-refractivity contribution in [1.29, 1.82) is 0 Å². The van der Waals surface area contributed by atoms with E-state index in [2.05, 4.69) is 5.32 Å². The second-order valence-corrected chi connectivity index (χ2v) is 5.54. The van der Waals surface area contributed by atoms with Crippen molar-refractivity contribution in [3.8, 4) is 0 Å². The molecule has 1 aromatic carbocycles. The monoisotopic (exact) mass is 284 g/mol. The normalized spacial score (nSPS) is 12.5. The fourth-order valence-electron chi connectivity index (χ4n) is 1.89. The zero-order chi connectivity index (χ0) is 14.3. The van der Waals surface area contributed by atoms with Gasteiger partial charge >= 0.3 is 0 Å². The number of nitrogens with one attached hydrogen (secondary N) is 1. The topological polar surface area (TPSA) is 32.3 Å². The van der Waals surface area contributed by atoms with E-state index in [0.717, 1.165) is 12.2 Å².